The molecule has 2 amide bonds. The summed E-state index contributed by atoms with van der Waals surface area (Å²) in [6, 6.07) is 7.13. The Bertz CT molecular complexity index is 421. The molecule has 0 saturated heterocycles. The highest BCUT2D eigenvalue weighted by molar-refractivity contribution is 5.89. The third-order valence-corrected chi connectivity index (χ3v) is 2.74. The van der Waals surface area contributed by atoms with E-state index in [-0.39, 0.29) is 12.6 Å². The normalized spacial score (nSPS) is 12.2. The number of benzene rings is 1. The minimum absolute atomic E-state index is 0.252. The van der Waals surface area contributed by atoms with Gasteiger partial charge in [0.05, 0.1) is 12.7 Å². The molecule has 0 aliphatic heterocycles. The molecule has 0 heterocycles. The van der Waals surface area contributed by atoms with Crippen molar-refractivity contribution >= 4 is 11.7 Å². The molecule has 20 heavy (non-hydrogen) atoms. The lowest BCUT2D eigenvalue weighted by Gasteiger charge is -2.14. The molecule has 0 aliphatic carbocycles. The summed E-state index contributed by atoms with van der Waals surface area (Å²) in [6.45, 7) is 4.82. The number of nitrogens with one attached hydrogen (secondary N) is 2. The number of rotatable bonds is 7. The van der Waals surface area contributed by atoms with Crippen LogP contribution in [0.15, 0.2) is 24.3 Å². The summed E-state index contributed by atoms with van der Waals surface area (Å²) in [7, 11) is 1.63. The SMILES string of the molecule is COCc1cccc(NC(=O)NCC(O)CC(C)C)c1. The highest BCUT2D eigenvalue weighted by atomic mass is 16.5. The minimum Gasteiger partial charge on any atom is -0.391 e. The second-order valence-corrected chi connectivity index (χ2v) is 5.25. The first-order valence-corrected chi connectivity index (χ1v) is 6.82. The van der Waals surface area contributed by atoms with Gasteiger partial charge < -0.3 is 20.5 Å². The van der Waals surface area contributed by atoms with Crippen LogP contribution < -0.4 is 10.6 Å². The number of carbonyl (C=O) groups excluding carboxylic acids is 1. The van der Waals surface area contributed by atoms with Crippen molar-refractivity contribution in [2.75, 3.05) is 19.0 Å². The van der Waals surface area contributed by atoms with E-state index in [0.29, 0.717) is 24.6 Å². The molecule has 1 aromatic rings. The molecule has 1 atom stereocenters. The van der Waals surface area contributed by atoms with Gasteiger partial charge in [0.1, 0.15) is 0 Å². The smallest absolute Gasteiger partial charge is 0.319 e. The molecule has 0 aliphatic rings. The van der Waals surface area contributed by atoms with E-state index in [0.717, 1.165) is 5.56 Å². The van der Waals surface area contributed by atoms with Crippen LogP contribution >= 0.6 is 0 Å². The second kappa shape index (κ2) is 8.55. The van der Waals surface area contributed by atoms with Crippen LogP contribution in [0.2, 0.25) is 0 Å². The van der Waals surface area contributed by atoms with Crippen LogP contribution in [0, 0.1) is 5.92 Å². The lowest BCUT2D eigenvalue weighted by molar-refractivity contribution is 0.148. The van der Waals surface area contributed by atoms with Crippen LogP contribution in [-0.2, 0) is 11.3 Å². The van der Waals surface area contributed by atoms with Gasteiger partial charge in [0.2, 0.25) is 0 Å². The van der Waals surface area contributed by atoms with Crippen molar-refractivity contribution in [3.05, 3.63) is 29.8 Å². The van der Waals surface area contributed by atoms with Crippen LogP contribution in [0.5, 0.6) is 0 Å². The van der Waals surface area contributed by atoms with E-state index < -0.39 is 6.10 Å². The Hall–Kier alpha value is -1.59. The number of carbonyl (C=O) groups is 1. The largest absolute Gasteiger partial charge is 0.391 e. The molecule has 0 aromatic heterocycles. The molecule has 1 unspecified atom stereocenters. The van der Waals surface area contributed by atoms with Crippen LogP contribution in [0.4, 0.5) is 10.5 Å². The highest BCUT2D eigenvalue weighted by Gasteiger charge is 2.09. The van der Waals surface area contributed by atoms with Crippen molar-refractivity contribution in [3.8, 4) is 0 Å². The Morgan fingerprint density at radius 1 is 1.40 bits per heavy atom. The third kappa shape index (κ3) is 6.54. The van der Waals surface area contributed by atoms with Crippen molar-refractivity contribution in [3.63, 3.8) is 0 Å². The molecule has 0 radical (unpaired) electrons. The number of ether oxygens (including phenoxy) is 1. The van der Waals surface area contributed by atoms with Crippen LogP contribution in [0.25, 0.3) is 0 Å². The number of anilines is 1. The summed E-state index contributed by atoms with van der Waals surface area (Å²) in [6.07, 6.45) is 0.157. The average Bonchev–Trinajstić information content (AvgIpc) is 2.36. The van der Waals surface area contributed by atoms with Gasteiger partial charge in [-0.1, -0.05) is 26.0 Å². The molecule has 0 bridgehead atoms. The zero-order valence-electron chi connectivity index (χ0n) is 12.3. The molecular weight excluding hydrogens is 256 g/mol. The van der Waals surface area contributed by atoms with Crippen LogP contribution in [0.1, 0.15) is 25.8 Å². The van der Waals surface area contributed by atoms with E-state index in [4.69, 9.17) is 4.74 Å². The predicted molar refractivity (Wildman–Crippen MR) is 79.6 cm³/mol. The van der Waals surface area contributed by atoms with Crippen molar-refractivity contribution in [1.82, 2.24) is 5.32 Å². The summed E-state index contributed by atoms with van der Waals surface area (Å²) in [5.41, 5.74) is 1.69. The first-order valence-electron chi connectivity index (χ1n) is 6.82. The predicted octanol–water partition coefficient (Wildman–Crippen LogP) is 2.36. The maximum Gasteiger partial charge on any atom is 0.319 e. The van der Waals surface area contributed by atoms with E-state index in [2.05, 4.69) is 10.6 Å². The molecule has 0 fully saturated rings. The average molecular weight is 280 g/mol. The number of aliphatic hydroxyl groups is 1. The fraction of sp³-hybridized carbons (Fsp3) is 0.533. The number of hydrogen-bond donors (Lipinski definition) is 3. The van der Waals surface area contributed by atoms with Gasteiger partial charge >= 0.3 is 6.03 Å². The van der Waals surface area contributed by atoms with E-state index in [1.807, 2.05) is 38.1 Å². The van der Waals surface area contributed by atoms with Gasteiger partial charge in [-0.25, -0.2) is 4.79 Å². The zero-order chi connectivity index (χ0) is 15.0. The van der Waals surface area contributed by atoms with E-state index in [1.165, 1.54) is 0 Å². The maximum absolute atomic E-state index is 11.7. The molecule has 1 aromatic carbocycles. The van der Waals surface area contributed by atoms with Gasteiger partial charge in [-0.3, -0.25) is 0 Å². The summed E-state index contributed by atoms with van der Waals surface area (Å²) in [5, 5.41) is 15.1. The topological polar surface area (TPSA) is 70.6 Å². The number of methoxy groups -OCH3 is 1. The fourth-order valence-corrected chi connectivity index (χ4v) is 1.92. The summed E-state index contributed by atoms with van der Waals surface area (Å²) < 4.78 is 5.04. The van der Waals surface area contributed by atoms with Gasteiger partial charge in [-0.05, 0) is 30.0 Å². The van der Waals surface area contributed by atoms with Gasteiger partial charge in [0.25, 0.3) is 0 Å². The molecule has 3 N–H and O–H groups in total. The minimum atomic E-state index is -0.513. The number of urea groups is 1. The van der Waals surface area contributed by atoms with Crippen LogP contribution in [0.3, 0.4) is 0 Å². The third-order valence-electron chi connectivity index (χ3n) is 2.74. The summed E-state index contributed by atoms with van der Waals surface area (Å²) >= 11 is 0. The molecule has 5 heteroatoms. The molecule has 1 rings (SSSR count). The van der Waals surface area contributed by atoms with Gasteiger partial charge in [0.15, 0.2) is 0 Å². The quantitative estimate of drug-likeness (QED) is 0.718. The zero-order valence-corrected chi connectivity index (χ0v) is 12.3. The number of aliphatic hydroxyl groups excluding tert-OH is 1. The van der Waals surface area contributed by atoms with Gasteiger partial charge in [-0.2, -0.15) is 0 Å². The molecule has 0 saturated carbocycles. The highest BCUT2D eigenvalue weighted by Crippen LogP contribution is 2.11. The number of hydrogen-bond acceptors (Lipinski definition) is 3. The maximum atomic E-state index is 11.7. The van der Waals surface area contributed by atoms with E-state index in [9.17, 15) is 9.90 Å². The molecule has 0 spiro atoms. The molecular formula is C15H24N2O3. The Morgan fingerprint density at radius 2 is 2.15 bits per heavy atom. The second-order valence-electron chi connectivity index (χ2n) is 5.25. The van der Waals surface area contributed by atoms with Crippen molar-refractivity contribution in [1.29, 1.82) is 0 Å². The Balaban J connectivity index is 2.40. The van der Waals surface area contributed by atoms with E-state index >= 15 is 0 Å². The summed E-state index contributed by atoms with van der Waals surface area (Å²) in [4.78, 5) is 11.7. The Morgan fingerprint density at radius 3 is 2.80 bits per heavy atom. The lowest BCUT2D eigenvalue weighted by atomic mass is 10.1. The monoisotopic (exact) mass is 280 g/mol. The molecule has 5 nitrogen and oxygen atoms in total. The van der Waals surface area contributed by atoms with Crippen molar-refractivity contribution in [2.24, 2.45) is 5.92 Å². The lowest BCUT2D eigenvalue weighted by Crippen LogP contribution is -2.35. The number of amides is 2. The molecule has 112 valence electrons. The summed E-state index contributed by atoms with van der Waals surface area (Å²) in [5.74, 6) is 0.403. The first kappa shape index (κ1) is 16.5. The van der Waals surface area contributed by atoms with Crippen molar-refractivity contribution in [2.45, 2.75) is 33.0 Å². The Kier molecular flexibility index (Phi) is 7.04. The van der Waals surface area contributed by atoms with Gasteiger partial charge in [0, 0.05) is 19.3 Å². The van der Waals surface area contributed by atoms with Crippen molar-refractivity contribution < 1.29 is 14.6 Å². The Labute approximate surface area is 120 Å². The van der Waals surface area contributed by atoms with E-state index in [1.54, 1.807) is 7.11 Å². The standard InChI is InChI=1S/C15H24N2O3/c1-11(2)7-14(18)9-16-15(19)17-13-6-4-5-12(8-13)10-20-3/h4-6,8,11,14,18H,7,9-10H2,1-3H3,(H2,16,17,19). The van der Waals surface area contributed by atoms with Crippen LogP contribution in [-0.4, -0.2) is 30.9 Å². The first-order chi connectivity index (χ1) is 9.51. The van der Waals surface area contributed by atoms with Gasteiger partial charge in [-0.15, -0.1) is 0 Å². The fourth-order valence-electron chi connectivity index (χ4n) is 1.92.